The molecule has 1 fully saturated rings. The SMILES string of the molecule is CCn1c(SCC(=O)Nc2ccc(OC)cc2OC)nnc1C1CCCCC1. The number of carbonyl (C=O) groups excluding carboxylic acids is 1. The number of hydrogen-bond acceptors (Lipinski definition) is 6. The van der Waals surface area contributed by atoms with E-state index in [1.165, 1.54) is 43.9 Å². The summed E-state index contributed by atoms with van der Waals surface area (Å²) in [6, 6.07) is 5.30. The molecule has 0 atom stereocenters. The maximum Gasteiger partial charge on any atom is 0.234 e. The molecule has 1 aliphatic rings. The van der Waals surface area contributed by atoms with Gasteiger partial charge in [0.25, 0.3) is 0 Å². The fourth-order valence-electron chi connectivity index (χ4n) is 3.58. The van der Waals surface area contributed by atoms with Crippen LogP contribution in [-0.2, 0) is 11.3 Å². The van der Waals surface area contributed by atoms with Crippen LogP contribution in [-0.4, -0.2) is 40.6 Å². The van der Waals surface area contributed by atoms with Crippen LogP contribution >= 0.6 is 11.8 Å². The molecule has 1 aromatic heterocycles. The lowest BCUT2D eigenvalue weighted by Gasteiger charge is -2.21. The Morgan fingerprint density at radius 3 is 2.68 bits per heavy atom. The number of methoxy groups -OCH3 is 2. The maximum absolute atomic E-state index is 12.4. The van der Waals surface area contributed by atoms with Crippen molar-refractivity contribution in [1.29, 1.82) is 0 Å². The average molecular weight is 405 g/mol. The van der Waals surface area contributed by atoms with Gasteiger partial charge >= 0.3 is 0 Å². The summed E-state index contributed by atoms with van der Waals surface area (Å²) >= 11 is 1.42. The number of thioether (sulfide) groups is 1. The highest BCUT2D eigenvalue weighted by atomic mass is 32.2. The Labute approximate surface area is 170 Å². The van der Waals surface area contributed by atoms with Crippen molar-refractivity contribution in [2.24, 2.45) is 0 Å². The second kappa shape index (κ2) is 9.82. The lowest BCUT2D eigenvalue weighted by atomic mass is 9.89. The van der Waals surface area contributed by atoms with Gasteiger partial charge in [0.1, 0.15) is 17.3 Å². The molecule has 1 saturated carbocycles. The largest absolute Gasteiger partial charge is 0.497 e. The zero-order valence-corrected chi connectivity index (χ0v) is 17.6. The minimum Gasteiger partial charge on any atom is -0.497 e. The fourth-order valence-corrected chi connectivity index (χ4v) is 4.39. The van der Waals surface area contributed by atoms with Crippen molar-refractivity contribution in [3.8, 4) is 11.5 Å². The van der Waals surface area contributed by atoms with Gasteiger partial charge in [0, 0.05) is 18.5 Å². The van der Waals surface area contributed by atoms with Crippen LogP contribution in [0.2, 0.25) is 0 Å². The second-order valence-corrected chi connectivity index (χ2v) is 7.77. The van der Waals surface area contributed by atoms with Gasteiger partial charge in [0.15, 0.2) is 5.16 Å². The summed E-state index contributed by atoms with van der Waals surface area (Å²) in [5.41, 5.74) is 0.619. The Hall–Kier alpha value is -2.22. The van der Waals surface area contributed by atoms with Crippen LogP contribution in [0.4, 0.5) is 5.69 Å². The van der Waals surface area contributed by atoms with E-state index in [0.29, 0.717) is 23.1 Å². The third-order valence-electron chi connectivity index (χ3n) is 5.05. The van der Waals surface area contributed by atoms with Crippen molar-refractivity contribution in [3.05, 3.63) is 24.0 Å². The molecular formula is C20H28N4O3S. The summed E-state index contributed by atoms with van der Waals surface area (Å²) < 4.78 is 12.7. The predicted molar refractivity (Wildman–Crippen MR) is 110 cm³/mol. The number of amides is 1. The summed E-state index contributed by atoms with van der Waals surface area (Å²) in [5.74, 6) is 2.95. The van der Waals surface area contributed by atoms with Gasteiger partial charge < -0.3 is 19.4 Å². The molecule has 0 unspecified atom stereocenters. The van der Waals surface area contributed by atoms with Crippen LogP contribution in [0.1, 0.15) is 50.8 Å². The molecule has 0 aliphatic heterocycles. The van der Waals surface area contributed by atoms with E-state index in [0.717, 1.165) is 17.5 Å². The molecule has 0 spiro atoms. The highest BCUT2D eigenvalue weighted by Crippen LogP contribution is 2.33. The molecule has 1 aromatic carbocycles. The van der Waals surface area contributed by atoms with Crippen molar-refractivity contribution in [3.63, 3.8) is 0 Å². The smallest absolute Gasteiger partial charge is 0.234 e. The Kier molecular flexibility index (Phi) is 7.19. The van der Waals surface area contributed by atoms with Crippen LogP contribution in [0.25, 0.3) is 0 Å². The van der Waals surface area contributed by atoms with Crippen LogP contribution in [0.15, 0.2) is 23.4 Å². The number of carbonyl (C=O) groups is 1. The fraction of sp³-hybridized carbons (Fsp3) is 0.550. The van der Waals surface area contributed by atoms with Gasteiger partial charge in [-0.15, -0.1) is 10.2 Å². The highest BCUT2D eigenvalue weighted by molar-refractivity contribution is 7.99. The Morgan fingerprint density at radius 1 is 1.21 bits per heavy atom. The molecule has 28 heavy (non-hydrogen) atoms. The molecule has 1 amide bonds. The van der Waals surface area contributed by atoms with E-state index in [-0.39, 0.29) is 11.7 Å². The molecule has 0 radical (unpaired) electrons. The van der Waals surface area contributed by atoms with Crippen LogP contribution in [0, 0.1) is 0 Å². The van der Waals surface area contributed by atoms with Crippen LogP contribution in [0.5, 0.6) is 11.5 Å². The Balaban J connectivity index is 1.62. The molecule has 3 rings (SSSR count). The van der Waals surface area contributed by atoms with Crippen molar-refractivity contribution in [2.75, 3.05) is 25.3 Å². The molecule has 1 aliphatic carbocycles. The molecule has 1 heterocycles. The molecule has 1 N–H and O–H groups in total. The number of anilines is 1. The highest BCUT2D eigenvalue weighted by Gasteiger charge is 2.23. The van der Waals surface area contributed by atoms with Gasteiger partial charge in [0.2, 0.25) is 5.91 Å². The third kappa shape index (κ3) is 4.79. The van der Waals surface area contributed by atoms with Crippen molar-refractivity contribution < 1.29 is 14.3 Å². The minimum absolute atomic E-state index is 0.113. The van der Waals surface area contributed by atoms with E-state index in [2.05, 4.69) is 27.0 Å². The van der Waals surface area contributed by atoms with Gasteiger partial charge in [-0.05, 0) is 31.9 Å². The molecule has 152 valence electrons. The standard InChI is InChI=1S/C20H28N4O3S/c1-4-24-19(14-8-6-5-7-9-14)22-23-20(24)28-13-18(25)21-16-11-10-15(26-2)12-17(16)27-3/h10-12,14H,4-9,13H2,1-3H3,(H,21,25). The first-order chi connectivity index (χ1) is 13.7. The normalized spacial score (nSPS) is 14.7. The number of nitrogens with zero attached hydrogens (tertiary/aromatic N) is 3. The first-order valence-electron chi connectivity index (χ1n) is 9.74. The molecular weight excluding hydrogens is 376 g/mol. The quantitative estimate of drug-likeness (QED) is 0.668. The summed E-state index contributed by atoms with van der Waals surface area (Å²) in [6.45, 7) is 2.91. The first-order valence-corrected chi connectivity index (χ1v) is 10.7. The summed E-state index contributed by atoms with van der Waals surface area (Å²) in [7, 11) is 3.16. The summed E-state index contributed by atoms with van der Waals surface area (Å²) in [6.07, 6.45) is 6.19. The number of hydrogen-bond donors (Lipinski definition) is 1. The van der Waals surface area contributed by atoms with Crippen LogP contribution < -0.4 is 14.8 Å². The second-order valence-electron chi connectivity index (χ2n) is 6.82. The topological polar surface area (TPSA) is 78.3 Å². The number of nitrogens with one attached hydrogen (secondary N) is 1. The molecule has 8 heteroatoms. The van der Waals surface area contributed by atoms with Gasteiger partial charge in [-0.2, -0.15) is 0 Å². The lowest BCUT2D eigenvalue weighted by Crippen LogP contribution is -2.16. The number of rotatable bonds is 8. The molecule has 2 aromatic rings. The van der Waals surface area contributed by atoms with E-state index in [1.807, 2.05) is 0 Å². The zero-order valence-electron chi connectivity index (χ0n) is 16.7. The average Bonchev–Trinajstić information content (AvgIpc) is 3.16. The predicted octanol–water partition coefficient (Wildman–Crippen LogP) is 4.09. The monoisotopic (exact) mass is 404 g/mol. The number of ether oxygens (including phenoxy) is 2. The molecule has 0 saturated heterocycles. The molecule has 0 bridgehead atoms. The number of benzene rings is 1. The van der Waals surface area contributed by atoms with Gasteiger partial charge in [-0.1, -0.05) is 31.0 Å². The summed E-state index contributed by atoms with van der Waals surface area (Å²) in [4.78, 5) is 12.4. The third-order valence-corrected chi connectivity index (χ3v) is 6.01. The molecule has 7 nitrogen and oxygen atoms in total. The van der Waals surface area contributed by atoms with E-state index in [4.69, 9.17) is 9.47 Å². The first kappa shape index (κ1) is 20.5. The van der Waals surface area contributed by atoms with E-state index in [9.17, 15) is 4.79 Å². The van der Waals surface area contributed by atoms with Crippen molar-refractivity contribution >= 4 is 23.4 Å². The van der Waals surface area contributed by atoms with E-state index < -0.39 is 0 Å². The Bertz CT molecular complexity index is 803. The van der Waals surface area contributed by atoms with Crippen LogP contribution in [0.3, 0.4) is 0 Å². The van der Waals surface area contributed by atoms with Gasteiger partial charge in [-0.3, -0.25) is 4.79 Å². The Morgan fingerprint density at radius 2 is 2.00 bits per heavy atom. The van der Waals surface area contributed by atoms with Gasteiger partial charge in [-0.25, -0.2) is 0 Å². The lowest BCUT2D eigenvalue weighted by molar-refractivity contribution is -0.113. The van der Waals surface area contributed by atoms with E-state index in [1.54, 1.807) is 32.4 Å². The number of aromatic nitrogens is 3. The van der Waals surface area contributed by atoms with Crippen molar-refractivity contribution in [1.82, 2.24) is 14.8 Å². The van der Waals surface area contributed by atoms with Gasteiger partial charge in [0.05, 0.1) is 25.7 Å². The zero-order chi connectivity index (χ0) is 19.9. The minimum atomic E-state index is -0.113. The van der Waals surface area contributed by atoms with E-state index >= 15 is 0 Å². The summed E-state index contributed by atoms with van der Waals surface area (Å²) in [5, 5.41) is 12.5. The maximum atomic E-state index is 12.4. The van der Waals surface area contributed by atoms with Crippen molar-refractivity contribution in [2.45, 2.75) is 56.6 Å².